The fourth-order valence-corrected chi connectivity index (χ4v) is 1.98. The average Bonchev–Trinajstić information content (AvgIpc) is 2.38. The number of aliphatic hydroxyl groups excluding tert-OH is 1. The number of benzene rings is 1. The van der Waals surface area contributed by atoms with E-state index in [4.69, 9.17) is 0 Å². The van der Waals surface area contributed by atoms with Crippen molar-refractivity contribution in [3.05, 3.63) is 35.9 Å². The van der Waals surface area contributed by atoms with Crippen molar-refractivity contribution in [1.29, 1.82) is 0 Å². The van der Waals surface area contributed by atoms with E-state index in [1.165, 1.54) is 19.3 Å². The molecule has 1 aromatic carbocycles. The molecule has 1 aromatic rings. The van der Waals surface area contributed by atoms with Gasteiger partial charge in [-0.05, 0) is 32.5 Å². The van der Waals surface area contributed by atoms with Gasteiger partial charge in [0.2, 0.25) is 0 Å². The fourth-order valence-electron chi connectivity index (χ4n) is 1.98. The molecule has 1 rings (SSSR count). The lowest BCUT2D eigenvalue weighted by Gasteiger charge is -2.29. The van der Waals surface area contributed by atoms with Crippen LogP contribution in [0.25, 0.3) is 0 Å². The Morgan fingerprint density at radius 1 is 1.18 bits per heavy atom. The third-order valence-corrected chi connectivity index (χ3v) is 3.41. The van der Waals surface area contributed by atoms with Crippen molar-refractivity contribution in [1.82, 2.24) is 4.90 Å². The number of hydrogen-bond acceptors (Lipinski definition) is 2. The highest BCUT2D eigenvalue weighted by atomic mass is 16.3. The Kier molecular flexibility index (Phi) is 6.23. The van der Waals surface area contributed by atoms with Crippen LogP contribution in [0.1, 0.15) is 44.8 Å². The van der Waals surface area contributed by atoms with Gasteiger partial charge in [-0.1, -0.05) is 50.1 Å². The molecule has 0 radical (unpaired) electrons. The molecule has 0 unspecified atom stereocenters. The van der Waals surface area contributed by atoms with Gasteiger partial charge in [-0.3, -0.25) is 0 Å². The lowest BCUT2D eigenvalue weighted by atomic mass is 10.0. The lowest BCUT2D eigenvalue weighted by molar-refractivity contribution is 0.0717. The molecule has 2 atom stereocenters. The Hall–Kier alpha value is -0.860. The van der Waals surface area contributed by atoms with Crippen LogP contribution in [0.2, 0.25) is 0 Å². The highest BCUT2D eigenvalue weighted by Crippen LogP contribution is 2.19. The maximum atomic E-state index is 10.3. The van der Waals surface area contributed by atoms with E-state index in [0.717, 1.165) is 12.1 Å². The zero-order valence-electron chi connectivity index (χ0n) is 11.3. The first kappa shape index (κ1) is 14.2. The Balaban J connectivity index is 2.48. The molecule has 2 nitrogen and oxygen atoms in total. The molecule has 2 heteroatoms. The van der Waals surface area contributed by atoms with Crippen LogP contribution in [0, 0.1) is 0 Å². The minimum atomic E-state index is -0.400. The molecule has 0 bridgehead atoms. The highest BCUT2D eigenvalue weighted by Gasteiger charge is 2.19. The standard InChI is InChI=1S/C15H25NO/c1-4-5-9-12-16(3)13(2)15(17)14-10-7-6-8-11-14/h6-8,10-11,13,15,17H,4-5,9,12H2,1-3H3/t13-,15-/m1/s1. The van der Waals surface area contributed by atoms with E-state index in [9.17, 15) is 5.11 Å². The molecule has 0 saturated heterocycles. The van der Waals surface area contributed by atoms with Gasteiger partial charge in [-0.25, -0.2) is 0 Å². The van der Waals surface area contributed by atoms with Gasteiger partial charge in [-0.15, -0.1) is 0 Å². The van der Waals surface area contributed by atoms with Crippen LogP contribution < -0.4 is 0 Å². The van der Waals surface area contributed by atoms with Gasteiger partial charge in [0.15, 0.2) is 0 Å². The largest absolute Gasteiger partial charge is 0.387 e. The van der Waals surface area contributed by atoms with Crippen LogP contribution >= 0.6 is 0 Å². The average molecular weight is 235 g/mol. The Morgan fingerprint density at radius 2 is 1.82 bits per heavy atom. The Morgan fingerprint density at radius 3 is 2.41 bits per heavy atom. The number of rotatable bonds is 7. The van der Waals surface area contributed by atoms with Crippen molar-refractivity contribution < 1.29 is 5.11 Å². The van der Waals surface area contributed by atoms with E-state index >= 15 is 0 Å². The number of aliphatic hydroxyl groups is 1. The van der Waals surface area contributed by atoms with Crippen LogP contribution in [0.4, 0.5) is 0 Å². The summed E-state index contributed by atoms with van der Waals surface area (Å²) in [6.45, 7) is 5.35. The number of unbranched alkanes of at least 4 members (excludes halogenated alkanes) is 2. The normalized spacial score (nSPS) is 14.9. The number of likely N-dealkylation sites (N-methyl/N-ethyl adjacent to an activating group) is 1. The first-order valence-electron chi connectivity index (χ1n) is 6.60. The summed E-state index contributed by atoms with van der Waals surface area (Å²) in [5, 5.41) is 10.3. The second kappa shape index (κ2) is 7.46. The van der Waals surface area contributed by atoms with Crippen LogP contribution in [0.3, 0.4) is 0 Å². The molecular formula is C15H25NO. The quantitative estimate of drug-likeness (QED) is 0.733. The monoisotopic (exact) mass is 235 g/mol. The molecule has 0 saturated carbocycles. The molecule has 0 aliphatic rings. The zero-order chi connectivity index (χ0) is 12.7. The summed E-state index contributed by atoms with van der Waals surface area (Å²) < 4.78 is 0. The van der Waals surface area contributed by atoms with Crippen LogP contribution in [0.5, 0.6) is 0 Å². The predicted octanol–water partition coefficient (Wildman–Crippen LogP) is 3.23. The number of nitrogens with zero attached hydrogens (tertiary/aromatic N) is 1. The van der Waals surface area contributed by atoms with Gasteiger partial charge >= 0.3 is 0 Å². The third-order valence-electron chi connectivity index (χ3n) is 3.41. The minimum Gasteiger partial charge on any atom is -0.387 e. The van der Waals surface area contributed by atoms with E-state index in [-0.39, 0.29) is 6.04 Å². The van der Waals surface area contributed by atoms with Gasteiger partial charge in [0.05, 0.1) is 6.10 Å². The molecule has 0 aliphatic heterocycles. The Labute approximate surface area is 105 Å². The number of hydrogen-bond donors (Lipinski definition) is 1. The molecular weight excluding hydrogens is 210 g/mol. The van der Waals surface area contributed by atoms with E-state index in [0.29, 0.717) is 0 Å². The first-order chi connectivity index (χ1) is 8.16. The molecule has 0 aliphatic carbocycles. The maximum Gasteiger partial charge on any atom is 0.0942 e. The Bertz CT molecular complexity index is 299. The molecule has 0 amide bonds. The topological polar surface area (TPSA) is 23.5 Å². The van der Waals surface area contributed by atoms with Gasteiger partial charge in [0.1, 0.15) is 0 Å². The van der Waals surface area contributed by atoms with Crippen molar-refractivity contribution in [2.45, 2.75) is 45.3 Å². The smallest absolute Gasteiger partial charge is 0.0942 e. The van der Waals surface area contributed by atoms with Crippen molar-refractivity contribution in [2.75, 3.05) is 13.6 Å². The summed E-state index contributed by atoms with van der Waals surface area (Å²) in [5.41, 5.74) is 1.00. The van der Waals surface area contributed by atoms with Gasteiger partial charge in [0, 0.05) is 6.04 Å². The summed E-state index contributed by atoms with van der Waals surface area (Å²) in [5.74, 6) is 0. The van der Waals surface area contributed by atoms with Crippen molar-refractivity contribution in [3.8, 4) is 0 Å². The highest BCUT2D eigenvalue weighted by molar-refractivity contribution is 5.18. The third kappa shape index (κ3) is 4.49. The van der Waals surface area contributed by atoms with E-state index in [2.05, 4.69) is 25.8 Å². The minimum absolute atomic E-state index is 0.161. The summed E-state index contributed by atoms with van der Waals surface area (Å²) in [7, 11) is 2.09. The van der Waals surface area contributed by atoms with Gasteiger partial charge in [0.25, 0.3) is 0 Å². The van der Waals surface area contributed by atoms with E-state index in [1.54, 1.807) is 0 Å². The predicted molar refractivity (Wildman–Crippen MR) is 73.0 cm³/mol. The molecule has 1 N–H and O–H groups in total. The van der Waals surface area contributed by atoms with Crippen LogP contribution in [-0.4, -0.2) is 29.6 Å². The molecule has 0 heterocycles. The zero-order valence-corrected chi connectivity index (χ0v) is 11.3. The van der Waals surface area contributed by atoms with Crippen molar-refractivity contribution in [2.24, 2.45) is 0 Å². The van der Waals surface area contributed by atoms with Crippen LogP contribution in [-0.2, 0) is 0 Å². The maximum absolute atomic E-state index is 10.3. The van der Waals surface area contributed by atoms with Gasteiger partial charge in [-0.2, -0.15) is 0 Å². The van der Waals surface area contributed by atoms with Crippen molar-refractivity contribution in [3.63, 3.8) is 0 Å². The molecule has 0 aromatic heterocycles. The lowest BCUT2D eigenvalue weighted by Crippen LogP contribution is -2.35. The van der Waals surface area contributed by atoms with E-state index in [1.807, 2.05) is 30.3 Å². The van der Waals surface area contributed by atoms with Gasteiger partial charge < -0.3 is 10.0 Å². The first-order valence-corrected chi connectivity index (χ1v) is 6.60. The summed E-state index contributed by atoms with van der Waals surface area (Å²) in [6.07, 6.45) is 3.31. The fraction of sp³-hybridized carbons (Fsp3) is 0.600. The molecule has 17 heavy (non-hydrogen) atoms. The summed E-state index contributed by atoms with van der Waals surface area (Å²) >= 11 is 0. The van der Waals surface area contributed by atoms with E-state index < -0.39 is 6.10 Å². The summed E-state index contributed by atoms with van der Waals surface area (Å²) in [4.78, 5) is 2.24. The van der Waals surface area contributed by atoms with Crippen LogP contribution in [0.15, 0.2) is 30.3 Å². The molecule has 0 fully saturated rings. The second-order valence-electron chi connectivity index (χ2n) is 4.78. The summed E-state index contributed by atoms with van der Waals surface area (Å²) in [6, 6.07) is 10.1. The second-order valence-corrected chi connectivity index (χ2v) is 4.78. The van der Waals surface area contributed by atoms with Crippen molar-refractivity contribution >= 4 is 0 Å². The molecule has 0 spiro atoms. The SMILES string of the molecule is CCCCCN(C)[C@H](C)[C@@H](O)c1ccccc1. The molecule has 96 valence electrons.